The molecule has 5 amide bonds. The van der Waals surface area contributed by atoms with Gasteiger partial charge < -0.3 is 10.1 Å². The van der Waals surface area contributed by atoms with Crippen molar-refractivity contribution < 1.29 is 23.9 Å². The minimum atomic E-state index is -0.944. The topological polar surface area (TPSA) is 96.0 Å². The number of rotatable bonds is 6. The number of ether oxygens (including phenoxy) is 1. The molecule has 1 aromatic carbocycles. The minimum absolute atomic E-state index is 0.233. The van der Waals surface area contributed by atoms with E-state index >= 15 is 0 Å². The van der Waals surface area contributed by atoms with Gasteiger partial charge in [-0.1, -0.05) is 18.6 Å². The van der Waals surface area contributed by atoms with Crippen molar-refractivity contribution in [2.75, 3.05) is 19.0 Å². The van der Waals surface area contributed by atoms with Crippen LogP contribution < -0.4 is 10.1 Å². The van der Waals surface area contributed by atoms with Gasteiger partial charge in [-0.2, -0.15) is 0 Å². The zero-order valence-electron chi connectivity index (χ0n) is 16.6. The molecule has 2 aliphatic carbocycles. The monoisotopic (exact) mass is 399 g/mol. The molecule has 1 heterocycles. The Bertz CT molecular complexity index is 870. The predicted molar refractivity (Wildman–Crippen MR) is 104 cm³/mol. The van der Waals surface area contributed by atoms with Crippen molar-refractivity contribution in [1.82, 2.24) is 9.80 Å². The summed E-state index contributed by atoms with van der Waals surface area (Å²) in [5, 5.41) is 2.63. The van der Waals surface area contributed by atoms with Crippen LogP contribution in [0.1, 0.15) is 32.6 Å². The molecule has 0 radical (unpaired) electrons. The van der Waals surface area contributed by atoms with Gasteiger partial charge in [0, 0.05) is 6.04 Å². The van der Waals surface area contributed by atoms with Gasteiger partial charge in [0.05, 0.1) is 12.8 Å². The lowest BCUT2D eigenvalue weighted by atomic mass is 9.83. The van der Waals surface area contributed by atoms with E-state index in [2.05, 4.69) is 5.32 Å². The van der Waals surface area contributed by atoms with Gasteiger partial charge in [0.2, 0.25) is 5.91 Å². The van der Waals surface area contributed by atoms with Crippen molar-refractivity contribution >= 4 is 29.4 Å². The molecule has 3 aliphatic rings. The first kappa shape index (κ1) is 19.4. The van der Waals surface area contributed by atoms with Gasteiger partial charge in [0.1, 0.15) is 12.3 Å². The number of nitrogens with zero attached hydrogens (tertiary/aromatic N) is 2. The summed E-state index contributed by atoms with van der Waals surface area (Å²) >= 11 is 0. The number of imide groups is 2. The Morgan fingerprint density at radius 1 is 1.17 bits per heavy atom. The number of para-hydroxylation sites is 2. The number of benzene rings is 1. The van der Waals surface area contributed by atoms with Crippen LogP contribution in [0.3, 0.4) is 0 Å². The molecule has 154 valence electrons. The van der Waals surface area contributed by atoms with Crippen LogP contribution in [0, 0.1) is 17.8 Å². The lowest BCUT2D eigenvalue weighted by Gasteiger charge is -2.32. The first-order valence-corrected chi connectivity index (χ1v) is 10.0. The van der Waals surface area contributed by atoms with E-state index < -0.39 is 30.3 Å². The molecule has 1 aliphatic heterocycles. The third-order valence-electron chi connectivity index (χ3n) is 6.59. The molecule has 3 fully saturated rings. The standard InChI is InChI=1S/C21H25N3O5/c1-12(15-10-13-7-8-14(15)9-13)24-20(27)19(26)23(21(24)28)11-18(25)22-16-5-3-4-6-17(16)29-2/h3-6,12-15H,7-11H2,1-2H3,(H,22,25)/t12-,13+,14+,15-/m1/s1. The molecule has 8 heteroatoms. The second kappa shape index (κ2) is 7.50. The van der Waals surface area contributed by atoms with Crippen molar-refractivity contribution in [3.63, 3.8) is 0 Å². The Labute approximate surface area is 169 Å². The summed E-state index contributed by atoms with van der Waals surface area (Å²) < 4.78 is 5.18. The molecular weight excluding hydrogens is 374 g/mol. The molecular formula is C21H25N3O5. The lowest BCUT2D eigenvalue weighted by Crippen LogP contribution is -2.45. The summed E-state index contributed by atoms with van der Waals surface area (Å²) in [6, 6.07) is 5.78. The molecule has 0 unspecified atom stereocenters. The predicted octanol–water partition coefficient (Wildman–Crippen LogP) is 2.25. The molecule has 1 saturated heterocycles. The fourth-order valence-electron chi connectivity index (χ4n) is 5.18. The van der Waals surface area contributed by atoms with Gasteiger partial charge in [-0.3, -0.25) is 19.3 Å². The maximum absolute atomic E-state index is 12.8. The largest absolute Gasteiger partial charge is 0.495 e. The molecule has 8 nitrogen and oxygen atoms in total. The number of carbonyl (C=O) groups excluding carboxylic acids is 4. The summed E-state index contributed by atoms with van der Waals surface area (Å²) in [7, 11) is 1.48. The van der Waals surface area contributed by atoms with Crippen LogP contribution in [-0.2, 0) is 14.4 Å². The average Bonchev–Trinajstić information content (AvgIpc) is 3.39. The average molecular weight is 399 g/mol. The van der Waals surface area contributed by atoms with E-state index in [9.17, 15) is 19.2 Å². The van der Waals surface area contributed by atoms with Crippen LogP contribution in [0.2, 0.25) is 0 Å². The normalized spacial score (nSPS) is 27.0. The summed E-state index contributed by atoms with van der Waals surface area (Å²) in [5.41, 5.74) is 0.428. The maximum atomic E-state index is 12.8. The molecule has 0 spiro atoms. The Morgan fingerprint density at radius 2 is 1.93 bits per heavy atom. The number of carbonyl (C=O) groups is 4. The smallest absolute Gasteiger partial charge is 0.334 e. The fraction of sp³-hybridized carbons (Fsp3) is 0.524. The van der Waals surface area contributed by atoms with Crippen LogP contribution in [0.15, 0.2) is 24.3 Å². The van der Waals surface area contributed by atoms with Gasteiger partial charge in [0.15, 0.2) is 0 Å². The van der Waals surface area contributed by atoms with Crippen LogP contribution in [0.25, 0.3) is 0 Å². The van der Waals surface area contributed by atoms with Gasteiger partial charge in [0.25, 0.3) is 0 Å². The van der Waals surface area contributed by atoms with E-state index in [0.717, 1.165) is 29.1 Å². The zero-order valence-corrected chi connectivity index (χ0v) is 16.6. The molecule has 4 atom stereocenters. The number of amides is 5. The van der Waals surface area contributed by atoms with Gasteiger partial charge in [-0.25, -0.2) is 9.69 Å². The van der Waals surface area contributed by atoms with E-state index in [1.807, 2.05) is 6.92 Å². The Balaban J connectivity index is 1.44. The van der Waals surface area contributed by atoms with Crippen molar-refractivity contribution in [3.05, 3.63) is 24.3 Å². The van der Waals surface area contributed by atoms with E-state index in [1.54, 1.807) is 24.3 Å². The van der Waals surface area contributed by atoms with Crippen LogP contribution >= 0.6 is 0 Å². The molecule has 4 rings (SSSR count). The number of urea groups is 1. The third kappa shape index (κ3) is 3.36. The van der Waals surface area contributed by atoms with Gasteiger partial charge >= 0.3 is 17.8 Å². The van der Waals surface area contributed by atoms with E-state index in [0.29, 0.717) is 23.3 Å². The first-order valence-electron chi connectivity index (χ1n) is 10.0. The van der Waals surface area contributed by atoms with E-state index in [-0.39, 0.29) is 12.0 Å². The quantitative estimate of drug-likeness (QED) is 0.585. The number of hydrogen-bond acceptors (Lipinski definition) is 5. The highest BCUT2D eigenvalue weighted by Crippen LogP contribution is 2.50. The fourth-order valence-corrected chi connectivity index (χ4v) is 5.18. The van der Waals surface area contributed by atoms with E-state index in [4.69, 9.17) is 4.74 Å². The Hall–Kier alpha value is -2.90. The van der Waals surface area contributed by atoms with Gasteiger partial charge in [-0.05, 0) is 56.1 Å². The molecule has 1 N–H and O–H groups in total. The summed E-state index contributed by atoms with van der Waals surface area (Å²) in [6.07, 6.45) is 4.47. The summed E-state index contributed by atoms with van der Waals surface area (Å²) in [6.45, 7) is 1.33. The number of fused-ring (bicyclic) bond motifs is 2. The van der Waals surface area contributed by atoms with Crippen molar-refractivity contribution in [3.8, 4) is 5.75 Å². The molecule has 1 aromatic rings. The van der Waals surface area contributed by atoms with Crippen LogP contribution in [0.5, 0.6) is 5.75 Å². The summed E-state index contributed by atoms with van der Waals surface area (Å²) in [5.74, 6) is -0.486. The third-order valence-corrected chi connectivity index (χ3v) is 6.59. The van der Waals surface area contributed by atoms with Crippen molar-refractivity contribution in [1.29, 1.82) is 0 Å². The lowest BCUT2D eigenvalue weighted by molar-refractivity contribution is -0.144. The molecule has 2 bridgehead atoms. The second-order valence-corrected chi connectivity index (χ2v) is 8.18. The van der Waals surface area contributed by atoms with Crippen LogP contribution in [-0.4, -0.2) is 53.2 Å². The van der Waals surface area contributed by atoms with Crippen molar-refractivity contribution in [2.24, 2.45) is 17.8 Å². The molecule has 2 saturated carbocycles. The van der Waals surface area contributed by atoms with Crippen molar-refractivity contribution in [2.45, 2.75) is 38.6 Å². The maximum Gasteiger partial charge on any atom is 0.334 e. The van der Waals surface area contributed by atoms with Gasteiger partial charge in [-0.15, -0.1) is 0 Å². The number of anilines is 1. The van der Waals surface area contributed by atoms with E-state index in [1.165, 1.54) is 13.5 Å². The van der Waals surface area contributed by atoms with Crippen LogP contribution in [0.4, 0.5) is 10.5 Å². The number of hydrogen-bond donors (Lipinski definition) is 1. The number of methoxy groups -OCH3 is 1. The minimum Gasteiger partial charge on any atom is -0.495 e. The Morgan fingerprint density at radius 3 is 2.59 bits per heavy atom. The highest BCUT2D eigenvalue weighted by molar-refractivity contribution is 6.45. The Kier molecular flexibility index (Phi) is 5.02. The highest BCUT2D eigenvalue weighted by Gasteiger charge is 2.52. The number of nitrogens with one attached hydrogen (secondary N) is 1. The zero-order chi connectivity index (χ0) is 20.7. The second-order valence-electron chi connectivity index (χ2n) is 8.18. The highest BCUT2D eigenvalue weighted by atomic mass is 16.5. The molecule has 0 aromatic heterocycles. The summed E-state index contributed by atoms with van der Waals surface area (Å²) in [4.78, 5) is 52.0. The SMILES string of the molecule is COc1ccccc1NC(=O)CN1C(=O)C(=O)N([C@H](C)[C@H]2C[C@H]3CC[C@H]2C3)C1=O. The first-order chi connectivity index (χ1) is 13.9. The molecule has 29 heavy (non-hydrogen) atoms.